The zero-order chi connectivity index (χ0) is 27.0. The molecule has 4 atom stereocenters. The van der Waals surface area contributed by atoms with Crippen LogP contribution in [0.15, 0.2) is 53.6 Å². The van der Waals surface area contributed by atoms with Crippen molar-refractivity contribution in [2.24, 2.45) is 17.1 Å². The zero-order valence-corrected chi connectivity index (χ0v) is 20.5. The molecule has 0 unspecified atom stereocenters. The quantitative estimate of drug-likeness (QED) is 0.386. The molecule has 1 aromatic heterocycles. The van der Waals surface area contributed by atoms with E-state index in [1.54, 1.807) is 44.7 Å². The van der Waals surface area contributed by atoms with Gasteiger partial charge in [-0.15, -0.1) is 0 Å². The Morgan fingerprint density at radius 3 is 2.35 bits per heavy atom. The summed E-state index contributed by atoms with van der Waals surface area (Å²) in [5, 5.41) is 45.0. The number of nitrogens with zero attached hydrogens (tertiary/aromatic N) is 2. The van der Waals surface area contributed by atoms with E-state index < -0.39 is 57.5 Å². The number of pyridine rings is 1. The smallest absolute Gasteiger partial charge is 0.255 e. The number of hydrogen-bond acceptors (Lipinski definition) is 9. The second-order valence-corrected chi connectivity index (χ2v) is 10.4. The number of ketones is 2. The number of aromatic nitrogens is 1. The van der Waals surface area contributed by atoms with Crippen LogP contribution in [0.25, 0.3) is 16.9 Å². The second kappa shape index (κ2) is 7.99. The summed E-state index contributed by atoms with van der Waals surface area (Å²) < 4.78 is 0. The summed E-state index contributed by atoms with van der Waals surface area (Å²) in [5.41, 5.74) is 2.22. The molecule has 0 spiro atoms. The van der Waals surface area contributed by atoms with E-state index in [-0.39, 0.29) is 29.7 Å². The molecule has 192 valence electrons. The average molecular weight is 506 g/mol. The summed E-state index contributed by atoms with van der Waals surface area (Å²) in [6.45, 7) is 1.51. The summed E-state index contributed by atoms with van der Waals surface area (Å²) in [6, 6.07) is 5.51. The number of nitrogens with two attached hydrogens (primary N) is 1. The molecule has 0 bridgehead atoms. The Bertz CT molecular complexity index is 1450. The zero-order valence-electron chi connectivity index (χ0n) is 20.5. The first-order chi connectivity index (χ1) is 17.4. The highest BCUT2D eigenvalue weighted by molar-refractivity contribution is 6.25. The third-order valence-electron chi connectivity index (χ3n) is 8.14. The maximum Gasteiger partial charge on any atom is 0.255 e. The normalized spacial score (nSPS) is 29.2. The van der Waals surface area contributed by atoms with E-state index in [0.29, 0.717) is 5.56 Å². The van der Waals surface area contributed by atoms with Gasteiger partial charge in [-0.1, -0.05) is 13.0 Å². The molecule has 5 rings (SSSR count). The topological polar surface area (TPSA) is 174 Å². The fourth-order valence-electron chi connectivity index (χ4n) is 6.62. The van der Waals surface area contributed by atoms with Gasteiger partial charge in [0.1, 0.15) is 22.8 Å². The van der Waals surface area contributed by atoms with Crippen LogP contribution < -0.4 is 5.73 Å². The van der Waals surface area contributed by atoms with Gasteiger partial charge in [0.2, 0.25) is 5.78 Å². The summed E-state index contributed by atoms with van der Waals surface area (Å²) in [4.78, 5) is 45.0. The molecule has 6 N–H and O–H groups in total. The Kier molecular flexibility index (Phi) is 5.33. The van der Waals surface area contributed by atoms with Gasteiger partial charge in [-0.3, -0.25) is 24.3 Å². The van der Waals surface area contributed by atoms with Gasteiger partial charge in [-0.25, -0.2) is 0 Å². The molecule has 3 aliphatic rings. The Labute approximate surface area is 212 Å². The third kappa shape index (κ3) is 3.06. The number of carbonyl (C=O) groups is 3. The maximum absolute atomic E-state index is 14.0. The van der Waals surface area contributed by atoms with E-state index in [2.05, 4.69) is 4.98 Å². The predicted octanol–water partition coefficient (Wildman–Crippen LogP) is 1.42. The largest absolute Gasteiger partial charge is 0.508 e. The lowest BCUT2D eigenvalue weighted by Crippen LogP contribution is -2.71. The highest BCUT2D eigenvalue weighted by Crippen LogP contribution is 2.59. The molecule has 1 saturated carbocycles. The average Bonchev–Trinajstić information content (AvgIpc) is 2.82. The lowest BCUT2D eigenvalue weighted by molar-refractivity contribution is -0.171. The van der Waals surface area contributed by atoms with Crippen molar-refractivity contribution in [3.05, 3.63) is 64.7 Å². The SMILES string of the molecule is CN(C)[C@H]1C(=O)C(C(N)=O)=C(O)[C@]2(O)C(=O)C3=C(O)c4c(O)ccc(-c5ccncc5)c4C[C@@H]3C[C@]12C. The monoisotopic (exact) mass is 505 g/mol. The van der Waals surface area contributed by atoms with E-state index in [9.17, 15) is 34.8 Å². The highest BCUT2D eigenvalue weighted by atomic mass is 16.3. The number of carbonyl (C=O) groups excluding carboxylic acids is 3. The Morgan fingerprint density at radius 1 is 1.11 bits per heavy atom. The molecular formula is C27H27N3O7. The van der Waals surface area contributed by atoms with Gasteiger partial charge in [0, 0.05) is 23.4 Å². The van der Waals surface area contributed by atoms with Crippen LogP contribution in [0.5, 0.6) is 5.75 Å². The van der Waals surface area contributed by atoms with Crippen LogP contribution in [-0.2, 0) is 20.8 Å². The number of aromatic hydroxyl groups is 1. The molecule has 2 aromatic rings. The Morgan fingerprint density at radius 2 is 1.76 bits per heavy atom. The van der Waals surface area contributed by atoms with E-state index in [1.165, 1.54) is 17.9 Å². The number of rotatable bonds is 3. The molecule has 37 heavy (non-hydrogen) atoms. The van der Waals surface area contributed by atoms with Crippen LogP contribution in [0.3, 0.4) is 0 Å². The third-order valence-corrected chi connectivity index (χ3v) is 8.14. The van der Waals surface area contributed by atoms with Gasteiger partial charge in [-0.2, -0.15) is 0 Å². The van der Waals surface area contributed by atoms with E-state index in [4.69, 9.17) is 5.73 Å². The van der Waals surface area contributed by atoms with Gasteiger partial charge in [0.15, 0.2) is 11.4 Å². The molecule has 1 amide bonds. The lowest BCUT2D eigenvalue weighted by atomic mass is 9.50. The number of amides is 1. The van der Waals surface area contributed by atoms with Crippen molar-refractivity contribution in [2.75, 3.05) is 14.1 Å². The summed E-state index contributed by atoms with van der Waals surface area (Å²) in [5.74, 6) is -5.66. The lowest BCUT2D eigenvalue weighted by Gasteiger charge is -2.57. The van der Waals surface area contributed by atoms with E-state index >= 15 is 0 Å². The fourth-order valence-corrected chi connectivity index (χ4v) is 6.62. The molecule has 10 heteroatoms. The molecule has 0 aliphatic heterocycles. The molecule has 3 aliphatic carbocycles. The number of primary amides is 1. The standard InChI is InChI=1S/C27H27N3O7/c1-26-11-13-10-15-14(12-6-8-29-9-7-12)4-5-16(31)18(15)20(32)17(13)23(34)27(26,37)24(35)19(25(28)36)21(33)22(26)30(2)3/h4-9,13,22,31-32,35,37H,10-11H2,1-3H3,(H2,28,36)/t13-,22+,26-,27-/m1/s1. The van der Waals surface area contributed by atoms with Crippen molar-refractivity contribution in [3.8, 4) is 16.9 Å². The minimum atomic E-state index is -2.71. The van der Waals surface area contributed by atoms with E-state index in [0.717, 1.165) is 11.1 Å². The van der Waals surface area contributed by atoms with Crippen molar-refractivity contribution >= 4 is 23.2 Å². The van der Waals surface area contributed by atoms with Crippen LogP contribution in [0, 0.1) is 11.3 Å². The maximum atomic E-state index is 14.0. The van der Waals surface area contributed by atoms with Crippen molar-refractivity contribution in [1.82, 2.24) is 9.88 Å². The van der Waals surface area contributed by atoms with Crippen molar-refractivity contribution in [2.45, 2.75) is 31.4 Å². The molecular weight excluding hydrogens is 478 g/mol. The Hall–Kier alpha value is -4.02. The molecule has 0 radical (unpaired) electrons. The van der Waals surface area contributed by atoms with Crippen LogP contribution in [0.4, 0.5) is 0 Å². The van der Waals surface area contributed by atoms with Crippen LogP contribution in [-0.4, -0.2) is 73.5 Å². The first kappa shape index (κ1) is 24.7. The number of fused-ring (bicyclic) bond motifs is 3. The van der Waals surface area contributed by atoms with Gasteiger partial charge in [0.05, 0.1) is 11.6 Å². The number of aliphatic hydroxyl groups excluding tert-OH is 2. The molecule has 1 aromatic carbocycles. The summed E-state index contributed by atoms with van der Waals surface area (Å²) >= 11 is 0. The van der Waals surface area contributed by atoms with Gasteiger partial charge >= 0.3 is 0 Å². The van der Waals surface area contributed by atoms with Gasteiger partial charge in [0.25, 0.3) is 5.91 Å². The minimum absolute atomic E-state index is 0.00417. The second-order valence-electron chi connectivity index (χ2n) is 10.4. The van der Waals surface area contributed by atoms with E-state index in [1.807, 2.05) is 0 Å². The van der Waals surface area contributed by atoms with Crippen molar-refractivity contribution in [1.29, 1.82) is 0 Å². The molecule has 1 heterocycles. The number of hydrogen-bond donors (Lipinski definition) is 5. The van der Waals surface area contributed by atoms with Gasteiger partial charge in [-0.05, 0) is 67.7 Å². The van der Waals surface area contributed by atoms with Crippen LogP contribution in [0.2, 0.25) is 0 Å². The van der Waals surface area contributed by atoms with Crippen molar-refractivity contribution < 1.29 is 34.8 Å². The fraction of sp³-hybridized carbons (Fsp3) is 0.333. The minimum Gasteiger partial charge on any atom is -0.508 e. The van der Waals surface area contributed by atoms with Crippen LogP contribution in [0.1, 0.15) is 24.5 Å². The molecule has 1 fully saturated rings. The van der Waals surface area contributed by atoms with Gasteiger partial charge < -0.3 is 26.2 Å². The van der Waals surface area contributed by atoms with Crippen molar-refractivity contribution in [3.63, 3.8) is 0 Å². The number of benzene rings is 1. The number of phenolic OH excluding ortho intramolecular Hbond substituents is 1. The summed E-state index contributed by atoms with van der Waals surface area (Å²) in [7, 11) is 3.14. The van der Waals surface area contributed by atoms with Crippen LogP contribution >= 0.6 is 0 Å². The Balaban J connectivity index is 1.79. The first-order valence-electron chi connectivity index (χ1n) is 11.8. The number of phenols is 1. The summed E-state index contributed by atoms with van der Waals surface area (Å²) in [6.07, 6.45) is 3.44. The number of Topliss-reactive ketones (excluding diaryl/α,β-unsaturated/α-hetero) is 2. The number of aliphatic hydroxyl groups is 3. The molecule has 0 saturated heterocycles. The molecule has 10 nitrogen and oxygen atoms in total. The predicted molar refractivity (Wildman–Crippen MR) is 132 cm³/mol. The highest BCUT2D eigenvalue weighted by Gasteiger charge is 2.70. The first-order valence-corrected chi connectivity index (χ1v) is 11.8. The number of likely N-dealkylation sites (N-methyl/N-ethyl adjacent to an activating group) is 1.